The van der Waals surface area contributed by atoms with Crippen LogP contribution in [0.2, 0.25) is 0 Å². The first-order valence-electron chi connectivity index (χ1n) is 12.4. The number of benzene rings is 3. The zero-order chi connectivity index (χ0) is 28.4. The van der Waals surface area contributed by atoms with Gasteiger partial charge in [0.25, 0.3) is 5.78 Å². The van der Waals surface area contributed by atoms with Crippen molar-refractivity contribution >= 4 is 45.7 Å². The smallest absolute Gasteiger partial charge is 0.301 e. The zero-order valence-electron chi connectivity index (χ0n) is 22.4. The van der Waals surface area contributed by atoms with Gasteiger partial charge in [0, 0.05) is 11.3 Å². The highest BCUT2D eigenvalue weighted by molar-refractivity contribution is 8.00. The van der Waals surface area contributed by atoms with Gasteiger partial charge in [-0.1, -0.05) is 77.2 Å². The Hall–Kier alpha value is -4.15. The summed E-state index contributed by atoms with van der Waals surface area (Å²) in [5.41, 5.74) is 3.82. The number of aromatic nitrogens is 2. The number of nitrogens with zero attached hydrogens (tertiary/aromatic N) is 3. The standard InChI is InChI=1S/C30H27N3O5S2/c1-17-10-11-18(2)21(14-17)26(34)24-25(20-12-13-22(37-3)23(15-20)38-4)33(28(36)27(24)35)29-31-32-30(40-29)39-16-19-8-6-5-7-9-19/h5-15,25,34H,16H2,1-4H3. The van der Waals surface area contributed by atoms with E-state index in [0.29, 0.717) is 32.7 Å². The van der Waals surface area contributed by atoms with Crippen molar-refractivity contribution in [3.05, 3.63) is 100 Å². The fourth-order valence-electron chi connectivity index (χ4n) is 4.58. The third-order valence-electron chi connectivity index (χ3n) is 6.62. The molecule has 1 N–H and O–H groups in total. The summed E-state index contributed by atoms with van der Waals surface area (Å²) in [6.45, 7) is 3.74. The highest BCUT2D eigenvalue weighted by Gasteiger charge is 2.48. The van der Waals surface area contributed by atoms with Crippen molar-refractivity contribution in [3.8, 4) is 11.5 Å². The number of methoxy groups -OCH3 is 2. The molecule has 3 aromatic carbocycles. The summed E-state index contributed by atoms with van der Waals surface area (Å²) in [5, 5.41) is 20.4. The molecule has 1 atom stereocenters. The summed E-state index contributed by atoms with van der Waals surface area (Å²) in [4.78, 5) is 28.4. The summed E-state index contributed by atoms with van der Waals surface area (Å²) in [7, 11) is 3.04. The van der Waals surface area contributed by atoms with Crippen LogP contribution in [-0.4, -0.2) is 41.2 Å². The van der Waals surface area contributed by atoms with Crippen molar-refractivity contribution in [2.24, 2.45) is 0 Å². The lowest BCUT2D eigenvalue weighted by Crippen LogP contribution is -2.29. The van der Waals surface area contributed by atoms with Gasteiger partial charge in [0.1, 0.15) is 5.76 Å². The first-order chi connectivity index (χ1) is 19.3. The quantitative estimate of drug-likeness (QED) is 0.0888. The molecule has 0 bridgehead atoms. The molecular formula is C30H27N3O5S2. The van der Waals surface area contributed by atoms with Gasteiger partial charge in [-0.15, -0.1) is 10.2 Å². The summed E-state index contributed by atoms with van der Waals surface area (Å²) in [6, 6.07) is 19.7. The molecule has 40 heavy (non-hydrogen) atoms. The van der Waals surface area contributed by atoms with Crippen molar-refractivity contribution in [2.75, 3.05) is 19.1 Å². The van der Waals surface area contributed by atoms with Crippen LogP contribution >= 0.6 is 23.1 Å². The fraction of sp³-hybridized carbons (Fsp3) is 0.200. The Balaban J connectivity index is 1.62. The van der Waals surface area contributed by atoms with Gasteiger partial charge in [-0.3, -0.25) is 14.5 Å². The van der Waals surface area contributed by atoms with E-state index in [1.165, 1.54) is 42.2 Å². The van der Waals surface area contributed by atoms with Gasteiger partial charge in [-0.05, 0) is 48.7 Å². The number of aliphatic hydroxyl groups excluding tert-OH is 1. The highest BCUT2D eigenvalue weighted by atomic mass is 32.2. The van der Waals surface area contributed by atoms with E-state index in [1.54, 1.807) is 24.3 Å². The number of ether oxygens (including phenoxy) is 2. The van der Waals surface area contributed by atoms with Gasteiger partial charge in [0.05, 0.1) is 25.8 Å². The van der Waals surface area contributed by atoms with E-state index in [1.807, 2.05) is 56.3 Å². The number of aliphatic hydroxyl groups is 1. The molecule has 4 aromatic rings. The molecule has 1 fully saturated rings. The molecular weight excluding hydrogens is 546 g/mol. The number of hydrogen-bond acceptors (Lipinski definition) is 9. The number of ketones is 1. The summed E-state index contributed by atoms with van der Waals surface area (Å²) >= 11 is 2.71. The lowest BCUT2D eigenvalue weighted by molar-refractivity contribution is -0.132. The number of carbonyl (C=O) groups is 2. The predicted octanol–water partition coefficient (Wildman–Crippen LogP) is 6.09. The molecule has 1 saturated heterocycles. The number of carbonyl (C=O) groups excluding carboxylic acids is 2. The van der Waals surface area contributed by atoms with Crippen LogP contribution in [0.1, 0.15) is 33.9 Å². The van der Waals surface area contributed by atoms with Gasteiger partial charge in [-0.25, -0.2) is 0 Å². The molecule has 0 aliphatic carbocycles. The second kappa shape index (κ2) is 11.5. The minimum Gasteiger partial charge on any atom is -0.507 e. The minimum absolute atomic E-state index is 0.0281. The van der Waals surface area contributed by atoms with Gasteiger partial charge in [0.2, 0.25) is 5.13 Å². The second-order valence-electron chi connectivity index (χ2n) is 9.23. The largest absolute Gasteiger partial charge is 0.507 e. The van der Waals surface area contributed by atoms with E-state index < -0.39 is 17.7 Å². The van der Waals surface area contributed by atoms with Crippen LogP contribution in [0.25, 0.3) is 5.76 Å². The Morgan fingerprint density at radius 2 is 1.73 bits per heavy atom. The van der Waals surface area contributed by atoms with Crippen LogP contribution in [-0.2, 0) is 15.3 Å². The number of anilines is 1. The Kier molecular flexibility index (Phi) is 7.90. The number of aryl methyl sites for hydroxylation is 2. The maximum atomic E-state index is 13.6. The summed E-state index contributed by atoms with van der Waals surface area (Å²) in [5.74, 6) is -0.235. The van der Waals surface area contributed by atoms with Crippen LogP contribution in [0.4, 0.5) is 5.13 Å². The van der Waals surface area contributed by atoms with Gasteiger partial charge in [0.15, 0.2) is 15.8 Å². The van der Waals surface area contributed by atoms with Crippen LogP contribution in [0.5, 0.6) is 11.5 Å². The van der Waals surface area contributed by atoms with Crippen molar-refractivity contribution in [1.82, 2.24) is 10.2 Å². The average molecular weight is 574 g/mol. The zero-order valence-corrected chi connectivity index (χ0v) is 24.0. The first kappa shape index (κ1) is 27.4. The minimum atomic E-state index is -0.959. The number of thioether (sulfide) groups is 1. The molecule has 1 unspecified atom stereocenters. The van der Waals surface area contributed by atoms with E-state index in [-0.39, 0.29) is 16.5 Å². The molecule has 8 nitrogen and oxygen atoms in total. The van der Waals surface area contributed by atoms with Crippen molar-refractivity contribution in [2.45, 2.75) is 30.0 Å². The van der Waals surface area contributed by atoms with Crippen molar-refractivity contribution in [1.29, 1.82) is 0 Å². The lowest BCUT2D eigenvalue weighted by Gasteiger charge is -2.23. The van der Waals surface area contributed by atoms with Crippen LogP contribution in [0.3, 0.4) is 0 Å². The molecule has 10 heteroatoms. The average Bonchev–Trinajstić information content (AvgIpc) is 3.54. The van der Waals surface area contributed by atoms with E-state index in [2.05, 4.69) is 10.2 Å². The first-order valence-corrected chi connectivity index (χ1v) is 14.2. The van der Waals surface area contributed by atoms with E-state index in [9.17, 15) is 14.7 Å². The molecule has 2 heterocycles. The fourth-order valence-corrected chi connectivity index (χ4v) is 6.41. The normalized spacial score (nSPS) is 16.4. The lowest BCUT2D eigenvalue weighted by atomic mass is 9.93. The van der Waals surface area contributed by atoms with Crippen molar-refractivity contribution < 1.29 is 24.2 Å². The Morgan fingerprint density at radius 3 is 2.45 bits per heavy atom. The molecule has 1 amide bonds. The molecule has 0 saturated carbocycles. The summed E-state index contributed by atoms with van der Waals surface area (Å²) < 4.78 is 11.5. The van der Waals surface area contributed by atoms with Crippen LogP contribution < -0.4 is 14.4 Å². The van der Waals surface area contributed by atoms with Gasteiger partial charge in [-0.2, -0.15) is 0 Å². The monoisotopic (exact) mass is 573 g/mol. The van der Waals surface area contributed by atoms with E-state index in [4.69, 9.17) is 9.47 Å². The number of hydrogen-bond donors (Lipinski definition) is 1. The Labute approximate surface area is 240 Å². The van der Waals surface area contributed by atoms with E-state index >= 15 is 0 Å². The third-order valence-corrected chi connectivity index (χ3v) is 8.75. The molecule has 1 aliphatic rings. The van der Waals surface area contributed by atoms with Crippen LogP contribution in [0, 0.1) is 13.8 Å². The maximum absolute atomic E-state index is 13.6. The van der Waals surface area contributed by atoms with Crippen molar-refractivity contribution in [3.63, 3.8) is 0 Å². The van der Waals surface area contributed by atoms with Crippen LogP contribution in [0.15, 0.2) is 76.6 Å². The molecule has 204 valence electrons. The topological polar surface area (TPSA) is 102 Å². The molecule has 1 aromatic heterocycles. The number of rotatable bonds is 8. The van der Waals surface area contributed by atoms with Gasteiger partial charge >= 0.3 is 5.91 Å². The third kappa shape index (κ3) is 5.20. The Bertz CT molecular complexity index is 1620. The van der Waals surface area contributed by atoms with E-state index in [0.717, 1.165) is 16.7 Å². The van der Waals surface area contributed by atoms with Gasteiger partial charge < -0.3 is 14.6 Å². The molecule has 0 radical (unpaired) electrons. The molecule has 1 aliphatic heterocycles. The second-order valence-corrected chi connectivity index (χ2v) is 11.4. The molecule has 5 rings (SSSR count). The molecule has 0 spiro atoms. The maximum Gasteiger partial charge on any atom is 0.301 e. The predicted molar refractivity (Wildman–Crippen MR) is 156 cm³/mol. The number of amides is 1. The summed E-state index contributed by atoms with van der Waals surface area (Å²) in [6.07, 6.45) is 0. The SMILES string of the molecule is COc1ccc(C2C(=C(O)c3cc(C)ccc3C)C(=O)C(=O)N2c2nnc(SCc3ccccc3)s2)cc1OC. The highest BCUT2D eigenvalue weighted by Crippen LogP contribution is 2.45. The Morgan fingerprint density at radius 1 is 0.975 bits per heavy atom. The number of Topliss-reactive ketones (excluding diaryl/α,β-unsaturated/α-hetero) is 1.